The zero-order valence-electron chi connectivity index (χ0n) is 18.8. The van der Waals surface area contributed by atoms with Gasteiger partial charge in [0.2, 0.25) is 5.91 Å². The minimum Gasteiger partial charge on any atom is -0.380 e. The Balaban J connectivity index is 1.39. The number of amides is 1. The first-order valence-electron chi connectivity index (χ1n) is 11.5. The zero-order chi connectivity index (χ0) is 23.4. The van der Waals surface area contributed by atoms with E-state index in [9.17, 15) is 4.79 Å². The molecule has 0 aliphatic carbocycles. The molecule has 2 aromatic rings. The number of anilines is 2. The highest BCUT2D eigenvalue weighted by Gasteiger charge is 2.29. The summed E-state index contributed by atoms with van der Waals surface area (Å²) in [4.78, 5) is 17.3. The molecule has 2 saturated heterocycles. The SMILES string of the molecule is C[C@@H](Nc1cc(N2CCC(C(=O)N3CCCOCC3)CC2)ccc1Cl)c1ccc(Cl)cc1Cl. The number of rotatable bonds is 5. The molecule has 1 atom stereocenters. The molecule has 1 amide bonds. The molecule has 8 heteroatoms. The lowest BCUT2D eigenvalue weighted by molar-refractivity contribution is -0.136. The highest BCUT2D eigenvalue weighted by molar-refractivity contribution is 6.35. The minimum atomic E-state index is -0.0384. The summed E-state index contributed by atoms with van der Waals surface area (Å²) in [5.74, 6) is 0.378. The third-order valence-corrected chi connectivity index (χ3v) is 7.39. The Morgan fingerprint density at radius 3 is 2.55 bits per heavy atom. The van der Waals surface area contributed by atoms with Crippen LogP contribution in [0.5, 0.6) is 0 Å². The average Bonchev–Trinajstić information content (AvgIpc) is 3.10. The highest BCUT2D eigenvalue weighted by Crippen LogP contribution is 2.34. The number of piperidine rings is 1. The minimum absolute atomic E-state index is 0.0384. The molecule has 33 heavy (non-hydrogen) atoms. The van der Waals surface area contributed by atoms with Crippen molar-refractivity contribution in [1.29, 1.82) is 0 Å². The summed E-state index contributed by atoms with van der Waals surface area (Å²) in [6.45, 7) is 6.65. The van der Waals surface area contributed by atoms with E-state index < -0.39 is 0 Å². The molecule has 4 rings (SSSR count). The smallest absolute Gasteiger partial charge is 0.225 e. The second-order valence-corrected chi connectivity index (χ2v) is 10.00. The van der Waals surface area contributed by atoms with Crippen LogP contribution >= 0.6 is 34.8 Å². The van der Waals surface area contributed by atoms with Gasteiger partial charge in [0, 0.05) is 54.4 Å². The third-order valence-electron chi connectivity index (χ3n) is 6.49. The molecule has 2 fully saturated rings. The van der Waals surface area contributed by atoms with Crippen molar-refractivity contribution < 1.29 is 9.53 Å². The second kappa shape index (κ2) is 11.2. The first-order valence-corrected chi connectivity index (χ1v) is 12.7. The maximum atomic E-state index is 13.0. The van der Waals surface area contributed by atoms with Gasteiger partial charge in [0.25, 0.3) is 0 Å². The lowest BCUT2D eigenvalue weighted by Gasteiger charge is -2.35. The van der Waals surface area contributed by atoms with Gasteiger partial charge in [0.05, 0.1) is 23.4 Å². The van der Waals surface area contributed by atoms with Crippen LogP contribution in [0.1, 0.15) is 37.8 Å². The number of hydrogen-bond donors (Lipinski definition) is 1. The van der Waals surface area contributed by atoms with Gasteiger partial charge in [-0.25, -0.2) is 0 Å². The van der Waals surface area contributed by atoms with Gasteiger partial charge < -0.3 is 19.9 Å². The molecule has 1 N–H and O–H groups in total. The van der Waals surface area contributed by atoms with Crippen LogP contribution in [0.4, 0.5) is 11.4 Å². The third kappa shape index (κ3) is 6.07. The van der Waals surface area contributed by atoms with Crippen LogP contribution in [0.15, 0.2) is 36.4 Å². The fraction of sp³-hybridized carbons (Fsp3) is 0.480. The number of hydrogen-bond acceptors (Lipinski definition) is 4. The van der Waals surface area contributed by atoms with Crippen LogP contribution in [0.3, 0.4) is 0 Å². The van der Waals surface area contributed by atoms with Gasteiger partial charge in [-0.3, -0.25) is 4.79 Å². The molecule has 2 aromatic carbocycles. The lowest BCUT2D eigenvalue weighted by Crippen LogP contribution is -2.43. The quantitative estimate of drug-likeness (QED) is 0.514. The summed E-state index contributed by atoms with van der Waals surface area (Å²) in [6, 6.07) is 11.5. The fourth-order valence-electron chi connectivity index (χ4n) is 4.59. The van der Waals surface area contributed by atoms with E-state index >= 15 is 0 Å². The number of nitrogens with one attached hydrogen (secondary N) is 1. The molecule has 0 spiro atoms. The zero-order valence-corrected chi connectivity index (χ0v) is 21.1. The summed E-state index contributed by atoms with van der Waals surface area (Å²) >= 11 is 18.9. The number of carbonyl (C=O) groups excluding carboxylic acids is 1. The molecular weight excluding hydrogens is 481 g/mol. The van der Waals surface area contributed by atoms with Crippen molar-refractivity contribution in [3.8, 4) is 0 Å². The van der Waals surface area contributed by atoms with Gasteiger partial charge in [-0.05, 0) is 62.1 Å². The Morgan fingerprint density at radius 2 is 1.79 bits per heavy atom. The molecule has 2 aliphatic rings. The van der Waals surface area contributed by atoms with E-state index in [1.807, 2.05) is 36.1 Å². The van der Waals surface area contributed by atoms with Gasteiger partial charge in [-0.15, -0.1) is 0 Å². The van der Waals surface area contributed by atoms with E-state index in [0.717, 1.165) is 62.4 Å². The molecule has 2 aliphatic heterocycles. The lowest BCUT2D eigenvalue weighted by atomic mass is 9.94. The van der Waals surface area contributed by atoms with Crippen LogP contribution in [0.2, 0.25) is 15.1 Å². The van der Waals surface area contributed by atoms with Gasteiger partial charge in [-0.2, -0.15) is 0 Å². The topological polar surface area (TPSA) is 44.8 Å². The Labute approximate surface area is 210 Å². The van der Waals surface area contributed by atoms with Crippen molar-refractivity contribution in [2.24, 2.45) is 5.92 Å². The van der Waals surface area contributed by atoms with Gasteiger partial charge >= 0.3 is 0 Å². The average molecular weight is 511 g/mol. The fourth-order valence-corrected chi connectivity index (χ4v) is 5.34. The summed E-state index contributed by atoms with van der Waals surface area (Å²) < 4.78 is 5.49. The first kappa shape index (κ1) is 24.5. The maximum absolute atomic E-state index is 13.0. The largest absolute Gasteiger partial charge is 0.380 e. The highest BCUT2D eigenvalue weighted by atomic mass is 35.5. The summed E-state index contributed by atoms with van der Waals surface area (Å²) in [5.41, 5.74) is 2.92. The summed E-state index contributed by atoms with van der Waals surface area (Å²) in [7, 11) is 0. The summed E-state index contributed by atoms with van der Waals surface area (Å²) in [6.07, 6.45) is 2.64. The Bertz CT molecular complexity index is 971. The Kier molecular flexibility index (Phi) is 8.29. The van der Waals surface area contributed by atoms with E-state index in [1.165, 1.54) is 0 Å². The van der Waals surface area contributed by atoms with Gasteiger partial charge in [0.1, 0.15) is 0 Å². The van der Waals surface area contributed by atoms with Crippen molar-refractivity contribution >= 4 is 52.1 Å². The monoisotopic (exact) mass is 509 g/mol. The number of ether oxygens (including phenoxy) is 1. The van der Waals surface area contributed by atoms with Crippen molar-refractivity contribution in [3.05, 3.63) is 57.0 Å². The van der Waals surface area contributed by atoms with E-state index in [4.69, 9.17) is 39.5 Å². The van der Waals surface area contributed by atoms with Crippen LogP contribution in [0, 0.1) is 5.92 Å². The molecule has 0 bridgehead atoms. The Morgan fingerprint density at radius 1 is 1.00 bits per heavy atom. The Hall–Kier alpha value is -1.66. The molecule has 0 radical (unpaired) electrons. The number of benzene rings is 2. The van der Waals surface area contributed by atoms with E-state index in [0.29, 0.717) is 28.2 Å². The second-order valence-electron chi connectivity index (χ2n) is 8.75. The van der Waals surface area contributed by atoms with Gasteiger partial charge in [-0.1, -0.05) is 40.9 Å². The predicted molar refractivity (Wildman–Crippen MR) is 137 cm³/mol. The predicted octanol–water partition coefficient (Wildman–Crippen LogP) is 6.29. The number of halogens is 3. The molecule has 0 unspecified atom stereocenters. The van der Waals surface area contributed by atoms with Crippen LogP contribution < -0.4 is 10.2 Å². The van der Waals surface area contributed by atoms with E-state index in [-0.39, 0.29) is 17.9 Å². The molecule has 178 valence electrons. The molecule has 0 aromatic heterocycles. The summed E-state index contributed by atoms with van der Waals surface area (Å²) in [5, 5.41) is 5.38. The molecule has 0 saturated carbocycles. The standard InChI is InChI=1S/C25H30Cl3N3O2/c1-17(21-5-3-19(26)15-23(21)28)29-24-16-20(4-6-22(24)27)30-10-7-18(8-11-30)25(32)31-9-2-13-33-14-12-31/h3-6,15-18,29H,2,7-14H2,1H3/t17-/m1/s1. The van der Waals surface area contributed by atoms with Crippen molar-refractivity contribution in [2.75, 3.05) is 49.6 Å². The van der Waals surface area contributed by atoms with Gasteiger partial charge in [0.15, 0.2) is 0 Å². The molecule has 2 heterocycles. The molecular formula is C25H30Cl3N3O2. The molecule has 5 nitrogen and oxygen atoms in total. The van der Waals surface area contributed by atoms with Crippen LogP contribution in [-0.2, 0) is 9.53 Å². The maximum Gasteiger partial charge on any atom is 0.225 e. The van der Waals surface area contributed by atoms with Crippen LogP contribution in [-0.4, -0.2) is 50.2 Å². The number of nitrogens with zero attached hydrogens (tertiary/aromatic N) is 2. The van der Waals surface area contributed by atoms with Crippen molar-refractivity contribution in [1.82, 2.24) is 4.90 Å². The van der Waals surface area contributed by atoms with Crippen molar-refractivity contribution in [2.45, 2.75) is 32.2 Å². The first-order chi connectivity index (χ1) is 15.9. The van der Waals surface area contributed by atoms with Crippen molar-refractivity contribution in [3.63, 3.8) is 0 Å². The number of carbonyl (C=O) groups is 1. The normalized spacial score (nSPS) is 18.7. The van der Waals surface area contributed by atoms with E-state index in [1.54, 1.807) is 6.07 Å². The van der Waals surface area contributed by atoms with E-state index in [2.05, 4.69) is 16.3 Å². The van der Waals surface area contributed by atoms with Crippen LogP contribution in [0.25, 0.3) is 0 Å².